The van der Waals surface area contributed by atoms with Crippen molar-refractivity contribution >= 4 is 23.4 Å². The molecule has 8 nitrogen and oxygen atoms in total. The van der Waals surface area contributed by atoms with Gasteiger partial charge in [0.1, 0.15) is 5.56 Å². The third kappa shape index (κ3) is 3.43. The fourth-order valence-corrected chi connectivity index (χ4v) is 7.00. The van der Waals surface area contributed by atoms with Gasteiger partial charge in [-0.15, -0.1) is 0 Å². The van der Waals surface area contributed by atoms with Crippen molar-refractivity contribution in [3.05, 3.63) is 29.2 Å². The summed E-state index contributed by atoms with van der Waals surface area (Å²) in [6.45, 7) is 1.62. The second-order valence-electron chi connectivity index (χ2n) is 10.4. The van der Waals surface area contributed by atoms with Gasteiger partial charge in [-0.1, -0.05) is 11.6 Å². The minimum atomic E-state index is -0.0988. The van der Waals surface area contributed by atoms with Crippen LogP contribution in [-0.4, -0.2) is 43.0 Å². The highest BCUT2D eigenvalue weighted by molar-refractivity contribution is 6.30. The van der Waals surface area contributed by atoms with E-state index < -0.39 is 0 Å². The normalized spacial score (nSPS) is 33.2. The first-order valence-corrected chi connectivity index (χ1v) is 12.2. The summed E-state index contributed by atoms with van der Waals surface area (Å²) in [4.78, 5) is 25.4. The molecule has 9 heteroatoms. The third-order valence-corrected chi connectivity index (χ3v) is 8.23. The Kier molecular flexibility index (Phi) is 4.65. The van der Waals surface area contributed by atoms with Crippen molar-refractivity contribution in [2.75, 3.05) is 0 Å². The van der Waals surface area contributed by atoms with E-state index >= 15 is 0 Å². The molecule has 4 saturated carbocycles. The maximum Gasteiger partial charge on any atom is 0.256 e. The van der Waals surface area contributed by atoms with Crippen LogP contribution in [-0.2, 0) is 4.79 Å². The van der Waals surface area contributed by atoms with Gasteiger partial charge in [0.25, 0.3) is 5.91 Å². The predicted octanol–water partition coefficient (Wildman–Crippen LogP) is 3.26. The molecule has 0 spiro atoms. The number of nitrogens with zero attached hydrogens (tertiary/aromatic N) is 4. The third-order valence-electron chi connectivity index (χ3n) is 8.04. The number of rotatable bonds is 5. The van der Waals surface area contributed by atoms with Gasteiger partial charge in [0.2, 0.25) is 5.91 Å². The average Bonchev–Trinajstić information content (AvgIpc) is 3.26. The Balaban J connectivity index is 1.27. The van der Waals surface area contributed by atoms with E-state index in [2.05, 4.69) is 20.8 Å². The number of fused-ring (bicyclic) bond motifs is 2. The molecule has 32 heavy (non-hydrogen) atoms. The van der Waals surface area contributed by atoms with Crippen LogP contribution in [0, 0.1) is 17.8 Å². The fraction of sp³-hybridized carbons (Fsp3) is 0.652. The second-order valence-corrected chi connectivity index (χ2v) is 10.9. The molecular weight excluding hydrogens is 428 g/mol. The minimum Gasteiger partial charge on any atom is -0.351 e. The molecule has 2 heterocycles. The predicted molar refractivity (Wildman–Crippen MR) is 119 cm³/mol. The molecule has 5 atom stereocenters. The molecule has 4 aliphatic carbocycles. The van der Waals surface area contributed by atoms with Gasteiger partial charge in [-0.2, -0.15) is 10.2 Å². The monoisotopic (exact) mass is 456 g/mol. The Labute approximate surface area is 192 Å². The quantitative estimate of drug-likeness (QED) is 0.722. The van der Waals surface area contributed by atoms with Crippen LogP contribution in [0.3, 0.4) is 0 Å². The van der Waals surface area contributed by atoms with Crippen molar-refractivity contribution in [1.82, 2.24) is 30.2 Å². The van der Waals surface area contributed by atoms with Gasteiger partial charge in [0.15, 0.2) is 5.82 Å². The Bertz CT molecular complexity index is 1070. The van der Waals surface area contributed by atoms with Crippen LogP contribution in [0.5, 0.6) is 0 Å². The molecule has 0 saturated heterocycles. The lowest BCUT2D eigenvalue weighted by Crippen LogP contribution is -2.50. The molecule has 0 aromatic carbocycles. The first kappa shape index (κ1) is 20.3. The number of halogens is 1. The lowest BCUT2D eigenvalue weighted by Gasteiger charge is -2.38. The summed E-state index contributed by atoms with van der Waals surface area (Å²) in [5.74, 6) is 2.24. The Morgan fingerprint density at radius 2 is 1.97 bits per heavy atom. The lowest BCUT2D eigenvalue weighted by molar-refractivity contribution is -0.121. The summed E-state index contributed by atoms with van der Waals surface area (Å²) >= 11 is 6.11. The molecule has 2 amide bonds. The zero-order valence-electron chi connectivity index (χ0n) is 18.3. The number of hydrogen-bond acceptors (Lipinski definition) is 4. The van der Waals surface area contributed by atoms with Crippen LogP contribution >= 0.6 is 11.6 Å². The molecular formula is C23H29ClN6O2. The number of amides is 2. The van der Waals surface area contributed by atoms with Gasteiger partial charge in [-0.25, -0.2) is 9.36 Å². The summed E-state index contributed by atoms with van der Waals surface area (Å²) < 4.78 is 3.57. The molecule has 0 aliphatic heterocycles. The smallest absolute Gasteiger partial charge is 0.256 e. The van der Waals surface area contributed by atoms with Gasteiger partial charge >= 0.3 is 0 Å². The van der Waals surface area contributed by atoms with Gasteiger partial charge < -0.3 is 10.6 Å². The van der Waals surface area contributed by atoms with E-state index in [1.54, 1.807) is 30.2 Å². The Hall–Kier alpha value is -2.35. The highest BCUT2D eigenvalue weighted by Crippen LogP contribution is 2.55. The molecule has 2 N–H and O–H groups in total. The number of nitrogens with one attached hydrogen (secondary N) is 2. The number of carbonyl (C=O) groups excluding carboxylic acids is 2. The molecule has 6 rings (SSSR count). The second kappa shape index (κ2) is 7.33. The van der Waals surface area contributed by atoms with Crippen LogP contribution in [0.4, 0.5) is 0 Å². The van der Waals surface area contributed by atoms with Gasteiger partial charge in [-0.3, -0.25) is 9.59 Å². The summed E-state index contributed by atoms with van der Waals surface area (Å²) in [6, 6.07) is 0.433. The molecule has 2 aromatic rings. The molecule has 3 bridgehead atoms. The van der Waals surface area contributed by atoms with E-state index in [0.29, 0.717) is 40.2 Å². The topological polar surface area (TPSA) is 93.8 Å². The van der Waals surface area contributed by atoms with Crippen LogP contribution in [0.25, 0.3) is 5.82 Å². The first-order valence-electron chi connectivity index (χ1n) is 11.8. The van der Waals surface area contributed by atoms with Crippen LogP contribution in [0.1, 0.15) is 74.7 Å². The molecule has 4 aliphatic rings. The molecule has 2 aromatic heterocycles. The van der Waals surface area contributed by atoms with Crippen molar-refractivity contribution < 1.29 is 9.59 Å². The van der Waals surface area contributed by atoms with Crippen molar-refractivity contribution in [2.45, 2.75) is 75.9 Å². The largest absolute Gasteiger partial charge is 0.351 e. The zero-order chi connectivity index (χ0) is 22.0. The molecule has 170 valence electrons. The standard InChI is InChI=1S/C23H29ClN6O2/c1-13(31)28-23-7-14-2-5-20(18(9-23)15(6-14)8-23)27-21(32)19-11-26-30(17-3-4-17)22(19)29-12-16(24)10-25-29/h10-12,14-15,17-18,20H,2-9H2,1H3,(H,27,32)(H,28,31)/t14?,15?,18?,20-,23-/m0/s1. The van der Waals surface area contributed by atoms with Gasteiger partial charge in [0.05, 0.1) is 29.7 Å². The summed E-state index contributed by atoms with van der Waals surface area (Å²) in [7, 11) is 0. The molecule has 3 unspecified atom stereocenters. The summed E-state index contributed by atoms with van der Waals surface area (Å²) in [5.41, 5.74) is 0.457. The van der Waals surface area contributed by atoms with E-state index in [9.17, 15) is 9.59 Å². The minimum absolute atomic E-state index is 0.0567. The molecule has 0 radical (unpaired) electrons. The average molecular weight is 457 g/mol. The summed E-state index contributed by atoms with van der Waals surface area (Å²) in [6.07, 6.45) is 13.5. The fourth-order valence-electron chi connectivity index (χ4n) is 6.86. The van der Waals surface area contributed by atoms with E-state index in [-0.39, 0.29) is 23.4 Å². The van der Waals surface area contributed by atoms with E-state index in [1.807, 2.05) is 4.68 Å². The van der Waals surface area contributed by atoms with Crippen molar-refractivity contribution in [3.8, 4) is 5.82 Å². The SMILES string of the molecule is CC(=O)N[C@]12CC3CC[C@H](NC(=O)c4cnn(C5CC5)c4-n4cc(Cl)cn4)C(C1)C(C3)C2. The maximum absolute atomic E-state index is 13.5. The first-order chi connectivity index (χ1) is 15.4. The van der Waals surface area contributed by atoms with E-state index in [1.165, 1.54) is 6.42 Å². The van der Waals surface area contributed by atoms with Crippen LogP contribution in [0.15, 0.2) is 18.6 Å². The lowest BCUT2D eigenvalue weighted by atomic mass is 9.75. The van der Waals surface area contributed by atoms with Crippen molar-refractivity contribution in [1.29, 1.82) is 0 Å². The Morgan fingerprint density at radius 3 is 2.69 bits per heavy atom. The van der Waals surface area contributed by atoms with Crippen molar-refractivity contribution in [3.63, 3.8) is 0 Å². The highest BCUT2D eigenvalue weighted by Gasteiger charge is 2.54. The number of aromatic nitrogens is 4. The Morgan fingerprint density at radius 1 is 1.12 bits per heavy atom. The van der Waals surface area contributed by atoms with E-state index in [0.717, 1.165) is 44.9 Å². The molecule has 4 fully saturated rings. The summed E-state index contributed by atoms with van der Waals surface area (Å²) in [5, 5.41) is 16.1. The zero-order valence-corrected chi connectivity index (χ0v) is 19.0. The van der Waals surface area contributed by atoms with Crippen LogP contribution < -0.4 is 10.6 Å². The van der Waals surface area contributed by atoms with E-state index in [4.69, 9.17) is 11.6 Å². The number of carbonyl (C=O) groups is 2. The maximum atomic E-state index is 13.5. The van der Waals surface area contributed by atoms with Crippen LogP contribution in [0.2, 0.25) is 5.02 Å². The van der Waals surface area contributed by atoms with Gasteiger partial charge in [0, 0.05) is 18.5 Å². The highest BCUT2D eigenvalue weighted by atomic mass is 35.5. The van der Waals surface area contributed by atoms with Gasteiger partial charge in [-0.05, 0) is 69.1 Å². The van der Waals surface area contributed by atoms with Crippen molar-refractivity contribution in [2.24, 2.45) is 17.8 Å². The number of hydrogen-bond donors (Lipinski definition) is 2.